The number of pyridine rings is 1. The van der Waals surface area contributed by atoms with Crippen molar-refractivity contribution >= 4 is 28.6 Å². The highest BCUT2D eigenvalue weighted by molar-refractivity contribution is 7.99. The van der Waals surface area contributed by atoms with Gasteiger partial charge >= 0.3 is 0 Å². The first-order chi connectivity index (χ1) is 13.2. The van der Waals surface area contributed by atoms with Crippen LogP contribution in [0.1, 0.15) is 25.5 Å². The second kappa shape index (κ2) is 6.49. The fourth-order valence-electron chi connectivity index (χ4n) is 3.84. The smallest absolute Gasteiger partial charge is 0.162 e. The van der Waals surface area contributed by atoms with E-state index in [-0.39, 0.29) is 4.75 Å². The number of aromatic amines is 1. The Labute approximate surface area is 162 Å². The van der Waals surface area contributed by atoms with Gasteiger partial charge in [-0.2, -0.15) is 11.8 Å². The number of fused-ring (bicyclic) bond motifs is 1. The maximum Gasteiger partial charge on any atom is 0.162 e. The number of hydrogen-bond acceptors (Lipinski definition) is 6. The van der Waals surface area contributed by atoms with Crippen LogP contribution < -0.4 is 4.90 Å². The molecule has 27 heavy (non-hydrogen) atoms. The van der Waals surface area contributed by atoms with Crippen LogP contribution in [0, 0.1) is 0 Å². The molecule has 2 fully saturated rings. The molecule has 0 spiro atoms. The van der Waals surface area contributed by atoms with E-state index < -0.39 is 0 Å². The van der Waals surface area contributed by atoms with E-state index in [9.17, 15) is 0 Å². The van der Waals surface area contributed by atoms with Gasteiger partial charge in [0.25, 0.3) is 0 Å². The molecule has 140 valence electrons. The van der Waals surface area contributed by atoms with E-state index in [1.54, 1.807) is 0 Å². The lowest BCUT2D eigenvalue weighted by molar-refractivity contribution is 0.0985. The van der Waals surface area contributed by atoms with Gasteiger partial charge in [-0.1, -0.05) is 0 Å². The third kappa shape index (κ3) is 2.89. The monoisotopic (exact) mass is 381 g/mol. The van der Waals surface area contributed by atoms with Crippen LogP contribution in [-0.2, 0) is 9.48 Å². The van der Waals surface area contributed by atoms with E-state index in [2.05, 4.69) is 34.1 Å². The Morgan fingerprint density at radius 2 is 2.19 bits per heavy atom. The number of rotatable bonds is 4. The molecule has 3 aromatic heterocycles. The molecule has 1 N–H and O–H groups in total. The lowest BCUT2D eigenvalue weighted by Gasteiger charge is -2.34. The molecular formula is C20H23N5OS. The molecule has 1 aliphatic carbocycles. The topological polar surface area (TPSA) is 66.9 Å². The van der Waals surface area contributed by atoms with Crippen molar-refractivity contribution in [3.8, 4) is 11.4 Å². The average molecular weight is 382 g/mol. The number of ether oxygens (including phenoxy) is 1. The van der Waals surface area contributed by atoms with E-state index in [4.69, 9.17) is 14.7 Å². The van der Waals surface area contributed by atoms with Gasteiger partial charge in [-0.3, -0.25) is 0 Å². The van der Waals surface area contributed by atoms with Crippen LogP contribution in [0.25, 0.3) is 22.4 Å². The molecule has 0 radical (unpaired) electrons. The molecule has 0 bridgehead atoms. The summed E-state index contributed by atoms with van der Waals surface area (Å²) in [6.45, 7) is 4.53. The molecule has 4 heterocycles. The second-order valence-electron chi connectivity index (χ2n) is 7.35. The highest BCUT2D eigenvalue weighted by Gasteiger charge is 2.46. The Morgan fingerprint density at radius 3 is 2.96 bits per heavy atom. The summed E-state index contributed by atoms with van der Waals surface area (Å²) < 4.78 is 5.77. The molecule has 3 aromatic rings. The number of morpholine rings is 1. The molecule has 1 atom stereocenters. The van der Waals surface area contributed by atoms with Crippen molar-refractivity contribution in [2.45, 2.75) is 30.6 Å². The number of nitrogens with zero attached hydrogens (tertiary/aromatic N) is 4. The summed E-state index contributed by atoms with van der Waals surface area (Å²) in [7, 11) is 0. The molecule has 5 rings (SSSR count). The normalized spacial score (nSPS) is 21.6. The fraction of sp³-hybridized carbons (Fsp3) is 0.450. The molecule has 2 aliphatic rings. The number of aromatic nitrogens is 4. The van der Waals surface area contributed by atoms with Crippen LogP contribution >= 0.6 is 11.8 Å². The van der Waals surface area contributed by atoms with Gasteiger partial charge in [0.05, 0.1) is 29.7 Å². The molecular weight excluding hydrogens is 358 g/mol. The zero-order valence-electron chi connectivity index (χ0n) is 15.6. The quantitative estimate of drug-likeness (QED) is 0.745. The number of nitrogens with one attached hydrogen (secondary N) is 1. The first kappa shape index (κ1) is 17.0. The van der Waals surface area contributed by atoms with Crippen molar-refractivity contribution in [2.75, 3.05) is 30.9 Å². The molecule has 1 unspecified atom stereocenters. The van der Waals surface area contributed by atoms with Gasteiger partial charge in [-0.15, -0.1) is 0 Å². The molecule has 1 saturated carbocycles. The van der Waals surface area contributed by atoms with Crippen molar-refractivity contribution in [3.05, 3.63) is 36.3 Å². The van der Waals surface area contributed by atoms with Gasteiger partial charge in [-0.25, -0.2) is 15.0 Å². The molecule has 0 aromatic carbocycles. The van der Waals surface area contributed by atoms with E-state index in [0.717, 1.165) is 53.7 Å². The van der Waals surface area contributed by atoms with E-state index in [1.807, 2.05) is 36.3 Å². The summed E-state index contributed by atoms with van der Waals surface area (Å²) in [5, 5.41) is 1.06. The Hall–Kier alpha value is -2.12. The SMILES string of the molecule is CSC1(c2cc(N3CCOCC3C)nc(-c3ccnc4[nH]ccc34)n2)CC1. The summed E-state index contributed by atoms with van der Waals surface area (Å²) in [4.78, 5) is 20.0. The molecule has 0 amide bonds. The first-order valence-corrected chi connectivity index (χ1v) is 10.6. The highest BCUT2D eigenvalue weighted by atomic mass is 32.2. The van der Waals surface area contributed by atoms with Crippen LogP contribution in [0.2, 0.25) is 0 Å². The maximum atomic E-state index is 5.63. The van der Waals surface area contributed by atoms with Crippen molar-refractivity contribution in [2.24, 2.45) is 0 Å². The highest BCUT2D eigenvalue weighted by Crippen LogP contribution is 2.56. The van der Waals surface area contributed by atoms with Gasteiger partial charge in [0.15, 0.2) is 5.82 Å². The fourth-order valence-corrected chi connectivity index (χ4v) is 4.66. The summed E-state index contributed by atoms with van der Waals surface area (Å²) in [5.74, 6) is 1.79. The zero-order chi connectivity index (χ0) is 18.4. The Kier molecular flexibility index (Phi) is 4.09. The van der Waals surface area contributed by atoms with E-state index in [1.165, 1.54) is 12.8 Å². The summed E-state index contributed by atoms with van der Waals surface area (Å²) >= 11 is 1.90. The average Bonchev–Trinajstić information content (AvgIpc) is 3.36. The largest absolute Gasteiger partial charge is 0.377 e. The zero-order valence-corrected chi connectivity index (χ0v) is 16.4. The second-order valence-corrected chi connectivity index (χ2v) is 8.54. The maximum absolute atomic E-state index is 5.63. The van der Waals surface area contributed by atoms with E-state index >= 15 is 0 Å². The number of hydrogen-bond donors (Lipinski definition) is 1. The van der Waals surface area contributed by atoms with Crippen LogP contribution in [0.5, 0.6) is 0 Å². The van der Waals surface area contributed by atoms with Crippen molar-refractivity contribution in [3.63, 3.8) is 0 Å². The van der Waals surface area contributed by atoms with Crippen LogP contribution in [0.4, 0.5) is 5.82 Å². The minimum absolute atomic E-state index is 0.145. The molecule has 1 saturated heterocycles. The predicted octanol–water partition coefficient (Wildman–Crippen LogP) is 3.60. The predicted molar refractivity (Wildman–Crippen MR) is 109 cm³/mol. The van der Waals surface area contributed by atoms with Gasteiger partial charge < -0.3 is 14.6 Å². The van der Waals surface area contributed by atoms with E-state index in [0.29, 0.717) is 6.04 Å². The molecule has 7 heteroatoms. The Balaban J connectivity index is 1.67. The number of H-pyrrole nitrogens is 1. The van der Waals surface area contributed by atoms with Crippen molar-refractivity contribution in [1.29, 1.82) is 0 Å². The lowest BCUT2D eigenvalue weighted by atomic mass is 10.1. The van der Waals surface area contributed by atoms with Crippen LogP contribution in [-0.4, -0.2) is 52.0 Å². The Bertz CT molecular complexity index is 983. The van der Waals surface area contributed by atoms with Crippen molar-refractivity contribution < 1.29 is 4.74 Å². The minimum atomic E-state index is 0.145. The third-order valence-electron chi connectivity index (χ3n) is 5.64. The summed E-state index contributed by atoms with van der Waals surface area (Å²) in [6.07, 6.45) is 8.28. The first-order valence-electron chi connectivity index (χ1n) is 9.42. The summed E-state index contributed by atoms with van der Waals surface area (Å²) in [6, 6.07) is 6.57. The van der Waals surface area contributed by atoms with Gasteiger partial charge in [0.2, 0.25) is 0 Å². The van der Waals surface area contributed by atoms with Crippen molar-refractivity contribution in [1.82, 2.24) is 19.9 Å². The molecule has 6 nitrogen and oxygen atoms in total. The third-order valence-corrected chi connectivity index (χ3v) is 7.04. The van der Waals surface area contributed by atoms with Crippen LogP contribution in [0.3, 0.4) is 0 Å². The Morgan fingerprint density at radius 1 is 1.30 bits per heavy atom. The van der Waals surface area contributed by atoms with Crippen LogP contribution in [0.15, 0.2) is 30.6 Å². The number of anilines is 1. The van der Waals surface area contributed by atoms with Gasteiger partial charge in [0, 0.05) is 36.0 Å². The lowest BCUT2D eigenvalue weighted by Crippen LogP contribution is -2.44. The van der Waals surface area contributed by atoms with Gasteiger partial charge in [0.1, 0.15) is 11.5 Å². The standard InChI is InChI=1S/C20H23N5OS/c1-13-12-26-10-9-25(13)17-11-16(20(27-2)5-6-20)23-19(24-17)15-4-8-22-18-14(15)3-7-21-18/h3-4,7-8,11,13H,5-6,9-10,12H2,1-2H3,(H,21,22). The summed E-state index contributed by atoms with van der Waals surface area (Å²) in [5.41, 5.74) is 3.05. The molecule has 1 aliphatic heterocycles. The number of thioether (sulfide) groups is 1. The van der Waals surface area contributed by atoms with Gasteiger partial charge in [-0.05, 0) is 38.2 Å². The minimum Gasteiger partial charge on any atom is -0.377 e.